The Balaban J connectivity index is 1.77. The Kier molecular flexibility index (Phi) is 3.26. The number of hydrogen-bond acceptors (Lipinski definition) is 4. The van der Waals surface area contributed by atoms with Crippen molar-refractivity contribution < 1.29 is 8.78 Å². The van der Waals surface area contributed by atoms with Gasteiger partial charge in [0.1, 0.15) is 16.3 Å². The quantitative estimate of drug-likeness (QED) is 0.768. The summed E-state index contributed by atoms with van der Waals surface area (Å²) in [7, 11) is 0. The van der Waals surface area contributed by atoms with Crippen molar-refractivity contribution in [3.8, 4) is 0 Å². The third-order valence-corrected chi connectivity index (χ3v) is 4.74. The summed E-state index contributed by atoms with van der Waals surface area (Å²) in [6.45, 7) is 0. The van der Waals surface area contributed by atoms with E-state index in [9.17, 15) is 8.78 Å². The first-order chi connectivity index (χ1) is 10.7. The van der Waals surface area contributed by atoms with E-state index in [4.69, 9.17) is 0 Å². The summed E-state index contributed by atoms with van der Waals surface area (Å²) in [5.74, 6) is -0.720. The highest BCUT2D eigenvalue weighted by Crippen LogP contribution is 2.44. The van der Waals surface area contributed by atoms with E-state index in [0.717, 1.165) is 23.9 Å². The predicted molar refractivity (Wildman–Crippen MR) is 82.9 cm³/mol. The minimum Gasteiger partial charge on any atom is -0.375 e. The lowest BCUT2D eigenvalue weighted by molar-refractivity contribution is 0.590. The number of aromatic nitrogens is 2. The molecular weight excluding hydrogens is 304 g/mol. The molecule has 1 aromatic carbocycles. The van der Waals surface area contributed by atoms with E-state index in [1.807, 2.05) is 5.38 Å². The van der Waals surface area contributed by atoms with Crippen LogP contribution in [-0.4, -0.2) is 9.97 Å². The Morgan fingerprint density at radius 1 is 1.18 bits per heavy atom. The van der Waals surface area contributed by atoms with E-state index in [2.05, 4.69) is 15.3 Å². The van der Waals surface area contributed by atoms with Crippen molar-refractivity contribution in [2.45, 2.75) is 18.9 Å². The molecule has 1 aliphatic rings. The molecule has 1 atom stereocenters. The molecule has 1 aliphatic carbocycles. The smallest absolute Gasteiger partial charge is 0.152 e. The summed E-state index contributed by atoms with van der Waals surface area (Å²) in [6.07, 6.45) is 5.60. The zero-order valence-electron chi connectivity index (χ0n) is 11.6. The van der Waals surface area contributed by atoms with Crippen LogP contribution < -0.4 is 5.32 Å². The fourth-order valence-electron chi connectivity index (χ4n) is 2.67. The topological polar surface area (TPSA) is 37.8 Å². The second-order valence-electron chi connectivity index (χ2n) is 5.47. The number of halogens is 2. The monoisotopic (exact) mass is 317 g/mol. The summed E-state index contributed by atoms with van der Waals surface area (Å²) in [5, 5.41) is 6.82. The van der Waals surface area contributed by atoms with Gasteiger partial charge in [0.05, 0.1) is 6.04 Å². The van der Waals surface area contributed by atoms with Gasteiger partial charge in [0, 0.05) is 34.9 Å². The van der Waals surface area contributed by atoms with E-state index in [1.165, 1.54) is 12.3 Å². The number of pyridine rings is 1. The molecule has 0 saturated heterocycles. The lowest BCUT2D eigenvalue weighted by Gasteiger charge is -2.18. The summed E-state index contributed by atoms with van der Waals surface area (Å²) in [4.78, 5) is 8.40. The number of thiazole rings is 1. The van der Waals surface area contributed by atoms with Gasteiger partial charge in [0.2, 0.25) is 0 Å². The van der Waals surface area contributed by atoms with Crippen LogP contribution in [0.5, 0.6) is 0 Å². The molecule has 3 nitrogen and oxygen atoms in total. The molecule has 1 saturated carbocycles. The molecule has 0 bridgehead atoms. The Morgan fingerprint density at radius 3 is 2.77 bits per heavy atom. The number of rotatable bonds is 4. The van der Waals surface area contributed by atoms with E-state index >= 15 is 0 Å². The van der Waals surface area contributed by atoms with Crippen molar-refractivity contribution >= 4 is 27.9 Å². The predicted octanol–water partition coefficient (Wildman–Crippen LogP) is 4.53. The molecular formula is C16H13F2N3S. The third kappa shape index (κ3) is 2.43. The summed E-state index contributed by atoms with van der Waals surface area (Å²) in [6, 6.07) is 4.01. The largest absolute Gasteiger partial charge is 0.375 e. The van der Waals surface area contributed by atoms with Gasteiger partial charge in [-0.15, -0.1) is 11.3 Å². The molecule has 4 rings (SSSR count). The van der Waals surface area contributed by atoms with Gasteiger partial charge >= 0.3 is 0 Å². The molecule has 0 amide bonds. The van der Waals surface area contributed by atoms with Crippen molar-refractivity contribution in [3.63, 3.8) is 0 Å². The molecule has 0 radical (unpaired) electrons. The van der Waals surface area contributed by atoms with Crippen molar-refractivity contribution in [2.24, 2.45) is 5.92 Å². The molecule has 0 spiro atoms. The maximum atomic E-state index is 13.9. The zero-order valence-corrected chi connectivity index (χ0v) is 12.4. The lowest BCUT2D eigenvalue weighted by atomic mass is 10.1. The number of fused-ring (bicyclic) bond motifs is 1. The zero-order chi connectivity index (χ0) is 15.1. The van der Waals surface area contributed by atoms with Crippen LogP contribution in [0.25, 0.3) is 10.9 Å². The molecule has 1 unspecified atom stereocenters. The van der Waals surface area contributed by atoms with Gasteiger partial charge in [-0.1, -0.05) is 0 Å². The highest BCUT2D eigenvalue weighted by atomic mass is 32.1. The van der Waals surface area contributed by atoms with Crippen molar-refractivity contribution in [2.75, 3.05) is 5.32 Å². The van der Waals surface area contributed by atoms with E-state index in [-0.39, 0.29) is 11.6 Å². The Hall–Kier alpha value is -2.08. The van der Waals surface area contributed by atoms with Gasteiger partial charge in [-0.25, -0.2) is 13.8 Å². The minimum absolute atomic E-state index is 0.0805. The van der Waals surface area contributed by atoms with E-state index in [0.29, 0.717) is 17.0 Å². The average Bonchev–Trinajstić information content (AvgIpc) is 3.19. The maximum absolute atomic E-state index is 13.9. The highest BCUT2D eigenvalue weighted by molar-refractivity contribution is 7.09. The van der Waals surface area contributed by atoms with Crippen molar-refractivity contribution in [1.29, 1.82) is 0 Å². The van der Waals surface area contributed by atoms with Gasteiger partial charge in [0.15, 0.2) is 5.82 Å². The molecule has 1 fully saturated rings. The molecule has 2 heterocycles. The van der Waals surface area contributed by atoms with Crippen LogP contribution in [0.1, 0.15) is 23.9 Å². The van der Waals surface area contributed by atoms with Crippen LogP contribution in [0.2, 0.25) is 0 Å². The van der Waals surface area contributed by atoms with Crippen molar-refractivity contribution in [3.05, 3.63) is 52.6 Å². The first-order valence-electron chi connectivity index (χ1n) is 7.12. The van der Waals surface area contributed by atoms with Crippen LogP contribution in [0.15, 0.2) is 36.0 Å². The van der Waals surface area contributed by atoms with Crippen LogP contribution in [0.3, 0.4) is 0 Å². The number of benzene rings is 1. The minimum atomic E-state index is -0.643. The molecule has 6 heteroatoms. The highest BCUT2D eigenvalue weighted by Gasteiger charge is 2.34. The first-order valence-corrected chi connectivity index (χ1v) is 8.00. The second-order valence-corrected chi connectivity index (χ2v) is 6.40. The fourth-order valence-corrected chi connectivity index (χ4v) is 3.45. The molecule has 2 aromatic heterocycles. The van der Waals surface area contributed by atoms with Gasteiger partial charge in [0.25, 0.3) is 0 Å². The summed E-state index contributed by atoms with van der Waals surface area (Å²) < 4.78 is 27.4. The Labute approximate surface area is 130 Å². The van der Waals surface area contributed by atoms with Crippen LogP contribution >= 0.6 is 11.3 Å². The lowest BCUT2D eigenvalue weighted by Crippen LogP contribution is -2.13. The maximum Gasteiger partial charge on any atom is 0.152 e. The Bertz CT molecular complexity index is 816. The van der Waals surface area contributed by atoms with Gasteiger partial charge in [-0.05, 0) is 30.9 Å². The van der Waals surface area contributed by atoms with Gasteiger partial charge in [-0.2, -0.15) is 0 Å². The number of nitrogens with one attached hydrogen (secondary N) is 1. The fraction of sp³-hybridized carbons (Fsp3) is 0.250. The molecule has 1 N–H and O–H groups in total. The number of nitrogens with zero attached hydrogens (tertiary/aromatic N) is 2. The molecule has 0 aliphatic heterocycles. The SMILES string of the molecule is Fc1cc(F)c2nccc(NC(c3nccs3)C3CC3)c2c1. The first kappa shape index (κ1) is 13.6. The van der Waals surface area contributed by atoms with E-state index < -0.39 is 11.6 Å². The third-order valence-electron chi connectivity index (χ3n) is 3.89. The standard InChI is InChI=1S/C16H13F2N3S/c17-10-7-11-13(3-4-19-15(11)12(18)8-10)21-14(9-1-2-9)16-20-5-6-22-16/h3-9,14H,1-2H2,(H,19,21). The molecule has 22 heavy (non-hydrogen) atoms. The van der Waals surface area contributed by atoms with E-state index in [1.54, 1.807) is 23.6 Å². The number of anilines is 1. The normalized spacial score (nSPS) is 15.9. The molecule has 3 aromatic rings. The summed E-state index contributed by atoms with van der Waals surface area (Å²) in [5.41, 5.74) is 0.871. The van der Waals surface area contributed by atoms with Gasteiger partial charge < -0.3 is 5.32 Å². The van der Waals surface area contributed by atoms with Gasteiger partial charge in [-0.3, -0.25) is 4.98 Å². The summed E-state index contributed by atoms with van der Waals surface area (Å²) >= 11 is 1.59. The average molecular weight is 317 g/mol. The van der Waals surface area contributed by atoms with Crippen molar-refractivity contribution in [1.82, 2.24) is 9.97 Å². The number of hydrogen-bond donors (Lipinski definition) is 1. The van der Waals surface area contributed by atoms with Crippen LogP contribution in [-0.2, 0) is 0 Å². The van der Waals surface area contributed by atoms with Crippen LogP contribution in [0, 0.1) is 17.6 Å². The molecule has 112 valence electrons. The van der Waals surface area contributed by atoms with Crippen LogP contribution in [0.4, 0.5) is 14.5 Å². The Morgan fingerprint density at radius 2 is 2.05 bits per heavy atom. The second kappa shape index (κ2) is 5.28.